The number of aromatic nitrogens is 1. The molecule has 0 bridgehead atoms. The molecule has 0 saturated carbocycles. The largest absolute Gasteiger partial charge is 0.356 e. The molecule has 1 amide bonds. The van der Waals surface area contributed by atoms with Gasteiger partial charge in [-0.3, -0.25) is 4.79 Å². The third kappa shape index (κ3) is 1.78. The van der Waals surface area contributed by atoms with Crippen LogP contribution in [0, 0.1) is 0 Å². The van der Waals surface area contributed by atoms with Crippen LogP contribution in [0.25, 0.3) is 11.3 Å². The summed E-state index contributed by atoms with van der Waals surface area (Å²) in [5.74, 6) is 0.768. The molecule has 5 heteroatoms. The molecule has 2 heterocycles. The van der Waals surface area contributed by atoms with E-state index >= 15 is 0 Å². The van der Waals surface area contributed by atoms with E-state index in [4.69, 9.17) is 10.3 Å². The second kappa shape index (κ2) is 4.27. The number of benzene rings is 1. The number of rotatable bonds is 3. The topological polar surface area (TPSA) is 81.2 Å². The SMILES string of the molecule is NCCc1cnoc1-c1ccc2c(c1)CC(=O)N2. The molecule has 0 radical (unpaired) electrons. The van der Waals surface area contributed by atoms with Gasteiger partial charge in [0.2, 0.25) is 5.91 Å². The first kappa shape index (κ1) is 11.0. The lowest BCUT2D eigenvalue weighted by Crippen LogP contribution is -2.03. The average molecular weight is 243 g/mol. The standard InChI is InChI=1S/C13H13N3O2/c14-4-3-9-7-15-18-13(9)8-1-2-11-10(5-8)6-12(17)16-11/h1-2,5,7H,3-4,6,14H2,(H,16,17). The van der Waals surface area contributed by atoms with Crippen LogP contribution in [0.15, 0.2) is 28.9 Å². The Labute approximate surface area is 104 Å². The Morgan fingerprint density at radius 1 is 1.44 bits per heavy atom. The summed E-state index contributed by atoms with van der Waals surface area (Å²) in [5, 5.41) is 6.62. The molecular weight excluding hydrogens is 230 g/mol. The Hall–Kier alpha value is -2.14. The Morgan fingerprint density at radius 3 is 3.17 bits per heavy atom. The molecule has 18 heavy (non-hydrogen) atoms. The van der Waals surface area contributed by atoms with E-state index in [0.717, 1.165) is 34.6 Å². The maximum atomic E-state index is 11.3. The van der Waals surface area contributed by atoms with Gasteiger partial charge in [0.05, 0.1) is 12.6 Å². The Kier molecular flexibility index (Phi) is 2.60. The predicted molar refractivity (Wildman–Crippen MR) is 67.0 cm³/mol. The van der Waals surface area contributed by atoms with E-state index in [0.29, 0.717) is 13.0 Å². The first-order valence-corrected chi connectivity index (χ1v) is 5.84. The van der Waals surface area contributed by atoms with E-state index in [-0.39, 0.29) is 5.91 Å². The summed E-state index contributed by atoms with van der Waals surface area (Å²) in [6.07, 6.45) is 2.84. The maximum Gasteiger partial charge on any atom is 0.228 e. The molecular formula is C13H13N3O2. The summed E-state index contributed by atoms with van der Waals surface area (Å²) < 4.78 is 5.28. The van der Waals surface area contributed by atoms with E-state index in [2.05, 4.69) is 10.5 Å². The lowest BCUT2D eigenvalue weighted by Gasteiger charge is -2.03. The van der Waals surface area contributed by atoms with E-state index < -0.39 is 0 Å². The molecule has 92 valence electrons. The molecule has 0 atom stereocenters. The summed E-state index contributed by atoms with van der Waals surface area (Å²) in [5.41, 5.74) is 9.35. The lowest BCUT2D eigenvalue weighted by molar-refractivity contribution is -0.115. The van der Waals surface area contributed by atoms with Crippen molar-refractivity contribution in [3.05, 3.63) is 35.5 Å². The molecule has 0 unspecified atom stereocenters. The highest BCUT2D eigenvalue weighted by molar-refractivity contribution is 5.99. The predicted octanol–water partition coefficient (Wildman–Crippen LogP) is 1.34. The number of hydrogen-bond donors (Lipinski definition) is 2. The molecule has 1 aliphatic heterocycles. The molecule has 0 spiro atoms. The minimum Gasteiger partial charge on any atom is -0.356 e. The summed E-state index contributed by atoms with van der Waals surface area (Å²) >= 11 is 0. The number of anilines is 1. The third-order valence-electron chi connectivity index (χ3n) is 3.05. The van der Waals surface area contributed by atoms with Gasteiger partial charge in [-0.15, -0.1) is 0 Å². The van der Waals surface area contributed by atoms with Gasteiger partial charge < -0.3 is 15.6 Å². The molecule has 1 aromatic heterocycles. The normalized spacial score (nSPS) is 13.5. The highest BCUT2D eigenvalue weighted by Gasteiger charge is 2.19. The van der Waals surface area contributed by atoms with Crippen LogP contribution < -0.4 is 11.1 Å². The number of fused-ring (bicyclic) bond motifs is 1. The van der Waals surface area contributed by atoms with Gasteiger partial charge in [0.25, 0.3) is 0 Å². The molecule has 0 aliphatic carbocycles. The van der Waals surface area contributed by atoms with Crippen LogP contribution in [-0.4, -0.2) is 17.6 Å². The molecule has 0 saturated heterocycles. The van der Waals surface area contributed by atoms with Crippen LogP contribution in [0.1, 0.15) is 11.1 Å². The van der Waals surface area contributed by atoms with E-state index in [9.17, 15) is 4.79 Å². The Balaban J connectivity index is 2.00. The van der Waals surface area contributed by atoms with Crippen molar-refractivity contribution in [2.45, 2.75) is 12.8 Å². The van der Waals surface area contributed by atoms with Gasteiger partial charge in [-0.05, 0) is 36.7 Å². The monoisotopic (exact) mass is 243 g/mol. The molecule has 1 aliphatic rings. The summed E-state index contributed by atoms with van der Waals surface area (Å²) in [4.78, 5) is 11.3. The fourth-order valence-corrected chi connectivity index (χ4v) is 2.20. The number of carbonyl (C=O) groups excluding carboxylic acids is 1. The minimum absolute atomic E-state index is 0.0295. The van der Waals surface area contributed by atoms with Crippen molar-refractivity contribution in [3.8, 4) is 11.3 Å². The highest BCUT2D eigenvalue weighted by Crippen LogP contribution is 2.30. The first-order chi connectivity index (χ1) is 8.78. The molecule has 3 N–H and O–H groups in total. The number of carbonyl (C=O) groups is 1. The zero-order valence-electron chi connectivity index (χ0n) is 9.77. The molecule has 1 aromatic carbocycles. The van der Waals surface area contributed by atoms with Crippen LogP contribution in [0.2, 0.25) is 0 Å². The zero-order valence-corrected chi connectivity index (χ0v) is 9.77. The number of nitrogens with two attached hydrogens (primary N) is 1. The van der Waals surface area contributed by atoms with Crippen molar-refractivity contribution in [1.82, 2.24) is 5.16 Å². The van der Waals surface area contributed by atoms with Gasteiger partial charge in [0.15, 0.2) is 5.76 Å². The van der Waals surface area contributed by atoms with Gasteiger partial charge in [0.1, 0.15) is 0 Å². The second-order valence-corrected chi connectivity index (χ2v) is 4.32. The highest BCUT2D eigenvalue weighted by atomic mass is 16.5. The van der Waals surface area contributed by atoms with Crippen LogP contribution in [0.3, 0.4) is 0 Å². The van der Waals surface area contributed by atoms with Gasteiger partial charge in [-0.25, -0.2) is 0 Å². The average Bonchev–Trinajstić information content (AvgIpc) is 2.93. The van der Waals surface area contributed by atoms with Crippen molar-refractivity contribution >= 4 is 11.6 Å². The first-order valence-electron chi connectivity index (χ1n) is 5.84. The van der Waals surface area contributed by atoms with Crippen LogP contribution in [0.4, 0.5) is 5.69 Å². The minimum atomic E-state index is 0.0295. The number of nitrogens with one attached hydrogen (secondary N) is 1. The Bertz CT molecular complexity index is 604. The maximum absolute atomic E-state index is 11.3. The summed E-state index contributed by atoms with van der Waals surface area (Å²) in [6.45, 7) is 0.555. The van der Waals surface area contributed by atoms with Crippen molar-refractivity contribution in [1.29, 1.82) is 0 Å². The fraction of sp³-hybridized carbons (Fsp3) is 0.231. The number of nitrogens with zero attached hydrogens (tertiary/aromatic N) is 1. The number of hydrogen-bond acceptors (Lipinski definition) is 4. The molecule has 5 nitrogen and oxygen atoms in total. The van der Waals surface area contributed by atoms with E-state index in [1.54, 1.807) is 6.20 Å². The third-order valence-corrected chi connectivity index (χ3v) is 3.05. The second-order valence-electron chi connectivity index (χ2n) is 4.32. The van der Waals surface area contributed by atoms with E-state index in [1.807, 2.05) is 18.2 Å². The van der Waals surface area contributed by atoms with Crippen LogP contribution in [-0.2, 0) is 17.6 Å². The van der Waals surface area contributed by atoms with Gasteiger partial charge in [0, 0.05) is 16.8 Å². The van der Waals surface area contributed by atoms with Crippen molar-refractivity contribution in [2.24, 2.45) is 5.73 Å². The molecule has 3 rings (SSSR count). The van der Waals surface area contributed by atoms with Crippen molar-refractivity contribution in [2.75, 3.05) is 11.9 Å². The van der Waals surface area contributed by atoms with Crippen LogP contribution >= 0.6 is 0 Å². The fourth-order valence-electron chi connectivity index (χ4n) is 2.20. The van der Waals surface area contributed by atoms with Gasteiger partial charge >= 0.3 is 0 Å². The summed E-state index contributed by atoms with van der Waals surface area (Å²) in [6, 6.07) is 5.78. The molecule has 2 aromatic rings. The van der Waals surface area contributed by atoms with Crippen molar-refractivity contribution in [3.63, 3.8) is 0 Å². The van der Waals surface area contributed by atoms with Gasteiger partial charge in [-0.2, -0.15) is 0 Å². The quantitative estimate of drug-likeness (QED) is 0.852. The van der Waals surface area contributed by atoms with Crippen LogP contribution in [0.5, 0.6) is 0 Å². The lowest BCUT2D eigenvalue weighted by atomic mass is 10.0. The Morgan fingerprint density at radius 2 is 2.33 bits per heavy atom. The smallest absolute Gasteiger partial charge is 0.228 e. The number of amides is 1. The van der Waals surface area contributed by atoms with E-state index in [1.165, 1.54) is 0 Å². The van der Waals surface area contributed by atoms with Crippen molar-refractivity contribution < 1.29 is 9.32 Å². The zero-order chi connectivity index (χ0) is 12.5. The summed E-state index contributed by atoms with van der Waals surface area (Å²) in [7, 11) is 0. The van der Waals surface area contributed by atoms with Gasteiger partial charge in [-0.1, -0.05) is 5.16 Å². The molecule has 0 fully saturated rings.